The molecule has 1 unspecified atom stereocenters. The zero-order valence-corrected chi connectivity index (χ0v) is 11.0. The lowest BCUT2D eigenvalue weighted by Gasteiger charge is -2.17. The Labute approximate surface area is 108 Å². The highest BCUT2D eigenvalue weighted by Gasteiger charge is 2.10. The van der Waals surface area contributed by atoms with E-state index in [0.29, 0.717) is 6.04 Å². The molecule has 2 rings (SSSR count). The third kappa shape index (κ3) is 3.67. The first-order valence-corrected chi connectivity index (χ1v) is 6.37. The molecule has 0 aliphatic rings. The Morgan fingerprint density at radius 1 is 1.22 bits per heavy atom. The molecule has 0 saturated heterocycles. The number of pyridine rings is 1. The number of nitrogens with zero attached hydrogens (tertiary/aromatic N) is 3. The van der Waals surface area contributed by atoms with E-state index in [1.807, 2.05) is 30.3 Å². The van der Waals surface area contributed by atoms with Gasteiger partial charge in [-0.15, -0.1) is 0 Å². The van der Waals surface area contributed by atoms with Crippen molar-refractivity contribution >= 4 is 0 Å². The second-order valence-electron chi connectivity index (χ2n) is 4.54. The smallest absolute Gasteiger partial charge is 0.0522 e. The molecule has 0 fully saturated rings. The van der Waals surface area contributed by atoms with Gasteiger partial charge in [0.15, 0.2) is 0 Å². The van der Waals surface area contributed by atoms with Gasteiger partial charge in [-0.2, -0.15) is 5.10 Å². The van der Waals surface area contributed by atoms with Crippen LogP contribution in [0.4, 0.5) is 0 Å². The molecule has 4 nitrogen and oxygen atoms in total. The molecule has 96 valence electrons. The molecule has 0 spiro atoms. The van der Waals surface area contributed by atoms with Gasteiger partial charge in [0.1, 0.15) is 0 Å². The van der Waals surface area contributed by atoms with Crippen LogP contribution in [-0.4, -0.2) is 27.4 Å². The molecular formula is C14H20N4. The van der Waals surface area contributed by atoms with Gasteiger partial charge in [0.25, 0.3) is 0 Å². The summed E-state index contributed by atoms with van der Waals surface area (Å²) in [5, 5.41) is 7.75. The quantitative estimate of drug-likeness (QED) is 0.839. The number of hydrogen-bond donors (Lipinski definition) is 1. The maximum atomic E-state index is 4.22. The molecule has 2 aromatic rings. The van der Waals surface area contributed by atoms with Gasteiger partial charge in [-0.25, -0.2) is 0 Å². The third-order valence-corrected chi connectivity index (χ3v) is 2.96. The highest BCUT2D eigenvalue weighted by molar-refractivity contribution is 5.14. The van der Waals surface area contributed by atoms with Crippen molar-refractivity contribution in [3.05, 3.63) is 48.0 Å². The van der Waals surface area contributed by atoms with Gasteiger partial charge >= 0.3 is 0 Å². The monoisotopic (exact) mass is 244 g/mol. The van der Waals surface area contributed by atoms with E-state index in [2.05, 4.69) is 40.7 Å². The Morgan fingerprint density at radius 3 is 2.56 bits per heavy atom. The molecule has 0 bridgehead atoms. The van der Waals surface area contributed by atoms with Crippen molar-refractivity contribution in [1.82, 2.24) is 20.1 Å². The molecule has 4 heteroatoms. The summed E-state index contributed by atoms with van der Waals surface area (Å²) in [6.45, 7) is 3.12. The van der Waals surface area contributed by atoms with Gasteiger partial charge in [-0.1, -0.05) is 6.92 Å². The largest absolute Gasteiger partial charge is 0.314 e. The van der Waals surface area contributed by atoms with Crippen molar-refractivity contribution < 1.29 is 0 Å². The fraction of sp³-hybridized carbons (Fsp3) is 0.429. The zero-order chi connectivity index (χ0) is 12.8. The second kappa shape index (κ2) is 6.31. The van der Waals surface area contributed by atoms with E-state index in [1.54, 1.807) is 0 Å². The first-order chi connectivity index (χ1) is 8.78. The van der Waals surface area contributed by atoms with Crippen LogP contribution in [0.2, 0.25) is 0 Å². The van der Waals surface area contributed by atoms with Crippen LogP contribution >= 0.6 is 0 Å². The van der Waals surface area contributed by atoms with Crippen LogP contribution in [0, 0.1) is 0 Å². The molecule has 0 aromatic carbocycles. The molecule has 0 amide bonds. The highest BCUT2D eigenvalue weighted by Crippen LogP contribution is 2.08. The van der Waals surface area contributed by atoms with Gasteiger partial charge < -0.3 is 5.32 Å². The van der Waals surface area contributed by atoms with Crippen LogP contribution in [0.1, 0.15) is 18.1 Å². The summed E-state index contributed by atoms with van der Waals surface area (Å²) in [7, 11) is 1.95. The zero-order valence-electron chi connectivity index (χ0n) is 11.0. The summed E-state index contributed by atoms with van der Waals surface area (Å²) in [4.78, 5) is 4.05. The molecule has 2 heterocycles. The predicted molar refractivity (Wildman–Crippen MR) is 72.3 cm³/mol. The Morgan fingerprint density at radius 2 is 1.94 bits per heavy atom. The number of likely N-dealkylation sites (N-methyl/N-ethyl adjacent to an activating group) is 1. The van der Waals surface area contributed by atoms with E-state index >= 15 is 0 Å². The fourth-order valence-electron chi connectivity index (χ4n) is 2.17. The molecule has 0 saturated carbocycles. The van der Waals surface area contributed by atoms with E-state index in [9.17, 15) is 0 Å². The standard InChI is InChI=1S/C14H20N4/c1-3-16-14(8-12-4-6-15-7-5-12)9-13-10-17-18(2)11-13/h4-7,10-11,14,16H,3,8-9H2,1-2H3. The summed E-state index contributed by atoms with van der Waals surface area (Å²) in [6, 6.07) is 4.60. The highest BCUT2D eigenvalue weighted by atomic mass is 15.2. The van der Waals surface area contributed by atoms with Crippen LogP contribution in [0.5, 0.6) is 0 Å². The van der Waals surface area contributed by atoms with Crippen LogP contribution in [0.25, 0.3) is 0 Å². The number of aryl methyl sites for hydroxylation is 1. The Hall–Kier alpha value is -1.68. The second-order valence-corrected chi connectivity index (χ2v) is 4.54. The molecule has 0 aliphatic carbocycles. The van der Waals surface area contributed by atoms with Gasteiger partial charge in [-0.05, 0) is 42.6 Å². The average molecular weight is 244 g/mol. The van der Waals surface area contributed by atoms with Crippen LogP contribution in [0.3, 0.4) is 0 Å². The minimum Gasteiger partial charge on any atom is -0.314 e. The van der Waals surface area contributed by atoms with E-state index in [-0.39, 0.29) is 0 Å². The van der Waals surface area contributed by atoms with Gasteiger partial charge in [0.05, 0.1) is 6.20 Å². The minimum absolute atomic E-state index is 0.446. The Kier molecular flexibility index (Phi) is 4.47. The fourth-order valence-corrected chi connectivity index (χ4v) is 2.17. The molecule has 1 atom stereocenters. The van der Waals surface area contributed by atoms with Gasteiger partial charge in [-0.3, -0.25) is 9.67 Å². The van der Waals surface area contributed by atoms with Gasteiger partial charge in [0, 0.05) is 31.7 Å². The maximum Gasteiger partial charge on any atom is 0.0522 e. The number of hydrogen-bond acceptors (Lipinski definition) is 3. The third-order valence-electron chi connectivity index (χ3n) is 2.96. The number of rotatable bonds is 6. The lowest BCUT2D eigenvalue weighted by atomic mass is 10.0. The van der Waals surface area contributed by atoms with Crippen molar-refractivity contribution in [3.8, 4) is 0 Å². The van der Waals surface area contributed by atoms with Crippen molar-refractivity contribution in [2.45, 2.75) is 25.8 Å². The van der Waals surface area contributed by atoms with Crippen LogP contribution < -0.4 is 5.32 Å². The van der Waals surface area contributed by atoms with Crippen LogP contribution in [-0.2, 0) is 19.9 Å². The van der Waals surface area contributed by atoms with Crippen molar-refractivity contribution in [2.75, 3.05) is 6.54 Å². The molecule has 2 aromatic heterocycles. The summed E-state index contributed by atoms with van der Waals surface area (Å²) < 4.78 is 1.85. The van der Waals surface area contributed by atoms with Crippen molar-refractivity contribution in [1.29, 1.82) is 0 Å². The van der Waals surface area contributed by atoms with E-state index in [0.717, 1.165) is 19.4 Å². The SMILES string of the molecule is CCNC(Cc1ccncc1)Cc1cnn(C)c1. The van der Waals surface area contributed by atoms with E-state index < -0.39 is 0 Å². The number of nitrogens with one attached hydrogen (secondary N) is 1. The lowest BCUT2D eigenvalue weighted by Crippen LogP contribution is -2.32. The maximum absolute atomic E-state index is 4.22. The van der Waals surface area contributed by atoms with Crippen molar-refractivity contribution in [3.63, 3.8) is 0 Å². The topological polar surface area (TPSA) is 42.7 Å². The molecule has 0 aliphatic heterocycles. The van der Waals surface area contributed by atoms with E-state index in [1.165, 1.54) is 11.1 Å². The lowest BCUT2D eigenvalue weighted by molar-refractivity contribution is 0.521. The summed E-state index contributed by atoms with van der Waals surface area (Å²) >= 11 is 0. The van der Waals surface area contributed by atoms with Crippen LogP contribution in [0.15, 0.2) is 36.9 Å². The molecule has 18 heavy (non-hydrogen) atoms. The van der Waals surface area contributed by atoms with E-state index in [4.69, 9.17) is 0 Å². The van der Waals surface area contributed by atoms with Crippen molar-refractivity contribution in [2.24, 2.45) is 7.05 Å². The molecular weight excluding hydrogens is 224 g/mol. The summed E-state index contributed by atoms with van der Waals surface area (Å²) in [5.41, 5.74) is 2.59. The molecule has 0 radical (unpaired) electrons. The normalized spacial score (nSPS) is 12.6. The van der Waals surface area contributed by atoms with Gasteiger partial charge in [0.2, 0.25) is 0 Å². The first kappa shape index (κ1) is 12.8. The predicted octanol–water partition coefficient (Wildman–Crippen LogP) is 1.58. The molecule has 1 N–H and O–H groups in total. The minimum atomic E-state index is 0.446. The Bertz CT molecular complexity index is 464. The first-order valence-electron chi connectivity index (χ1n) is 6.37. The average Bonchev–Trinajstić information content (AvgIpc) is 2.76. The number of aromatic nitrogens is 3. The Balaban J connectivity index is 1.99. The summed E-state index contributed by atoms with van der Waals surface area (Å²) in [6.07, 6.45) is 9.74. The summed E-state index contributed by atoms with van der Waals surface area (Å²) in [5.74, 6) is 0.